The van der Waals surface area contributed by atoms with Gasteiger partial charge in [0.1, 0.15) is 11.8 Å². The quantitative estimate of drug-likeness (QED) is 0.654. The second-order valence-electron chi connectivity index (χ2n) is 4.68. The molecule has 1 fully saturated rings. The molecule has 1 aromatic heterocycles. The predicted molar refractivity (Wildman–Crippen MR) is 66.5 cm³/mol. The van der Waals surface area contributed by atoms with Crippen molar-refractivity contribution in [2.45, 2.75) is 44.8 Å². The number of ether oxygens (including phenoxy) is 1. The minimum absolute atomic E-state index is 0.0164. The van der Waals surface area contributed by atoms with Crippen LogP contribution in [0.25, 0.3) is 0 Å². The molecule has 1 saturated carbocycles. The molecule has 0 bridgehead atoms. The number of pyridine rings is 1. The summed E-state index contributed by atoms with van der Waals surface area (Å²) in [5, 5.41) is 10.7. The lowest BCUT2D eigenvalue weighted by Gasteiger charge is -2.26. The number of hydrogen-bond donors (Lipinski definition) is 1. The van der Waals surface area contributed by atoms with Gasteiger partial charge in [0.05, 0.1) is 4.92 Å². The highest BCUT2D eigenvalue weighted by molar-refractivity contribution is 5.36. The van der Waals surface area contributed by atoms with Crippen LogP contribution >= 0.6 is 0 Å². The van der Waals surface area contributed by atoms with Gasteiger partial charge in [0.15, 0.2) is 0 Å². The molecule has 0 saturated heterocycles. The number of nitrogens with zero attached hydrogens (tertiary/aromatic N) is 2. The molecule has 6 nitrogen and oxygen atoms in total. The maximum Gasteiger partial charge on any atom is 0.290 e. The molecule has 1 aromatic rings. The van der Waals surface area contributed by atoms with Crippen LogP contribution in [0.5, 0.6) is 5.88 Å². The van der Waals surface area contributed by atoms with Crippen molar-refractivity contribution in [1.29, 1.82) is 0 Å². The van der Waals surface area contributed by atoms with Crippen molar-refractivity contribution >= 4 is 5.69 Å². The molecule has 98 valence electrons. The molecule has 0 amide bonds. The molecule has 2 rings (SSSR count). The van der Waals surface area contributed by atoms with Crippen molar-refractivity contribution in [3.8, 4) is 5.88 Å². The average Bonchev–Trinajstić information content (AvgIpc) is 2.28. The first-order valence-corrected chi connectivity index (χ1v) is 6.10. The van der Waals surface area contributed by atoms with Gasteiger partial charge in [0.2, 0.25) is 5.88 Å². The van der Waals surface area contributed by atoms with Crippen LogP contribution in [0.15, 0.2) is 12.1 Å². The summed E-state index contributed by atoms with van der Waals surface area (Å²) >= 11 is 0. The Hall–Kier alpha value is -1.69. The van der Waals surface area contributed by atoms with E-state index in [9.17, 15) is 10.1 Å². The van der Waals surface area contributed by atoms with Crippen LogP contribution in [0.2, 0.25) is 0 Å². The lowest BCUT2D eigenvalue weighted by Crippen LogP contribution is -2.33. The Balaban J connectivity index is 2.05. The third-order valence-electron chi connectivity index (χ3n) is 3.18. The number of rotatable bonds is 3. The molecule has 2 N–H and O–H groups in total. The molecule has 2 unspecified atom stereocenters. The lowest BCUT2D eigenvalue weighted by atomic mass is 9.94. The van der Waals surface area contributed by atoms with Crippen LogP contribution < -0.4 is 10.5 Å². The topological polar surface area (TPSA) is 91.3 Å². The van der Waals surface area contributed by atoms with Gasteiger partial charge in [-0.15, -0.1) is 0 Å². The van der Waals surface area contributed by atoms with E-state index >= 15 is 0 Å². The Morgan fingerprint density at radius 2 is 2.28 bits per heavy atom. The minimum atomic E-state index is -0.442. The maximum absolute atomic E-state index is 10.7. The zero-order chi connectivity index (χ0) is 13.1. The largest absolute Gasteiger partial charge is 0.474 e. The SMILES string of the molecule is Cc1nc(OC2CCCC(N)C2)ccc1[N+](=O)[O-]. The van der Waals surface area contributed by atoms with Gasteiger partial charge in [-0.25, -0.2) is 4.98 Å². The highest BCUT2D eigenvalue weighted by Crippen LogP contribution is 2.24. The standard InChI is InChI=1S/C12H17N3O3/c1-8-11(15(16)17)5-6-12(14-8)18-10-4-2-3-9(13)7-10/h5-6,9-10H,2-4,7,13H2,1H3. The van der Waals surface area contributed by atoms with Crippen molar-refractivity contribution in [3.05, 3.63) is 27.9 Å². The van der Waals surface area contributed by atoms with Crippen LogP contribution in [0, 0.1) is 17.0 Å². The molecule has 18 heavy (non-hydrogen) atoms. The Labute approximate surface area is 105 Å². The summed E-state index contributed by atoms with van der Waals surface area (Å²) < 4.78 is 5.73. The Bertz CT molecular complexity index is 450. The molecule has 1 aliphatic carbocycles. The van der Waals surface area contributed by atoms with Crippen LogP contribution in [-0.2, 0) is 0 Å². The lowest BCUT2D eigenvalue weighted by molar-refractivity contribution is -0.385. The van der Waals surface area contributed by atoms with Gasteiger partial charge in [-0.3, -0.25) is 10.1 Å². The van der Waals surface area contributed by atoms with Crippen molar-refractivity contribution < 1.29 is 9.66 Å². The number of hydrogen-bond acceptors (Lipinski definition) is 5. The molecule has 0 radical (unpaired) electrons. The summed E-state index contributed by atoms with van der Waals surface area (Å²) in [6, 6.07) is 3.16. The highest BCUT2D eigenvalue weighted by Gasteiger charge is 2.21. The van der Waals surface area contributed by atoms with Crippen molar-refractivity contribution in [3.63, 3.8) is 0 Å². The minimum Gasteiger partial charge on any atom is -0.474 e. The smallest absolute Gasteiger partial charge is 0.290 e. The Morgan fingerprint density at radius 3 is 2.89 bits per heavy atom. The fraction of sp³-hybridized carbons (Fsp3) is 0.583. The average molecular weight is 251 g/mol. The monoisotopic (exact) mass is 251 g/mol. The number of nitro groups is 1. The molecular formula is C12H17N3O3. The summed E-state index contributed by atoms with van der Waals surface area (Å²) in [6.45, 7) is 1.61. The zero-order valence-corrected chi connectivity index (χ0v) is 10.3. The second-order valence-corrected chi connectivity index (χ2v) is 4.68. The summed E-state index contributed by atoms with van der Waals surface area (Å²) in [5.74, 6) is 0.442. The normalized spacial score (nSPS) is 23.7. The molecule has 2 atom stereocenters. The molecule has 0 aromatic carbocycles. The van der Waals surface area contributed by atoms with E-state index in [1.165, 1.54) is 6.07 Å². The summed E-state index contributed by atoms with van der Waals surface area (Å²) in [7, 11) is 0. The van der Waals surface area contributed by atoms with Gasteiger partial charge < -0.3 is 10.5 Å². The molecule has 0 aliphatic heterocycles. The number of aryl methyl sites for hydroxylation is 1. The van der Waals surface area contributed by atoms with Gasteiger partial charge in [-0.2, -0.15) is 0 Å². The third kappa shape index (κ3) is 2.95. The van der Waals surface area contributed by atoms with Crippen molar-refractivity contribution in [2.24, 2.45) is 5.73 Å². The van der Waals surface area contributed by atoms with E-state index in [0.717, 1.165) is 25.7 Å². The van der Waals surface area contributed by atoms with E-state index in [4.69, 9.17) is 10.5 Å². The van der Waals surface area contributed by atoms with E-state index in [0.29, 0.717) is 11.6 Å². The molecular weight excluding hydrogens is 234 g/mol. The first-order chi connectivity index (χ1) is 8.56. The number of nitrogens with two attached hydrogens (primary N) is 1. The zero-order valence-electron chi connectivity index (χ0n) is 10.3. The molecule has 6 heteroatoms. The molecule has 0 spiro atoms. The van der Waals surface area contributed by atoms with Crippen molar-refractivity contribution in [1.82, 2.24) is 4.98 Å². The molecule has 1 heterocycles. The summed E-state index contributed by atoms with van der Waals surface area (Å²) in [4.78, 5) is 14.3. The Morgan fingerprint density at radius 1 is 1.50 bits per heavy atom. The van der Waals surface area contributed by atoms with E-state index in [2.05, 4.69) is 4.98 Å². The van der Waals surface area contributed by atoms with Gasteiger partial charge in [0, 0.05) is 18.2 Å². The highest BCUT2D eigenvalue weighted by atomic mass is 16.6. The van der Waals surface area contributed by atoms with E-state index in [-0.39, 0.29) is 17.8 Å². The van der Waals surface area contributed by atoms with E-state index < -0.39 is 4.92 Å². The van der Waals surface area contributed by atoms with Gasteiger partial charge in [-0.05, 0) is 32.6 Å². The molecule has 1 aliphatic rings. The second kappa shape index (κ2) is 5.30. The summed E-state index contributed by atoms with van der Waals surface area (Å²) in [5.41, 5.74) is 6.27. The fourth-order valence-electron chi connectivity index (χ4n) is 2.25. The Kier molecular flexibility index (Phi) is 3.76. The fourth-order valence-corrected chi connectivity index (χ4v) is 2.25. The van der Waals surface area contributed by atoms with Crippen molar-refractivity contribution in [2.75, 3.05) is 0 Å². The van der Waals surface area contributed by atoms with Crippen LogP contribution in [-0.4, -0.2) is 22.1 Å². The first kappa shape index (κ1) is 12.8. The maximum atomic E-state index is 10.7. The van der Waals surface area contributed by atoms with Crippen LogP contribution in [0.1, 0.15) is 31.4 Å². The number of aromatic nitrogens is 1. The van der Waals surface area contributed by atoms with Crippen LogP contribution in [0.3, 0.4) is 0 Å². The predicted octanol–water partition coefficient (Wildman–Crippen LogP) is 1.95. The van der Waals surface area contributed by atoms with E-state index in [1.54, 1.807) is 13.0 Å². The van der Waals surface area contributed by atoms with Crippen LogP contribution in [0.4, 0.5) is 5.69 Å². The first-order valence-electron chi connectivity index (χ1n) is 6.10. The van der Waals surface area contributed by atoms with Gasteiger partial charge >= 0.3 is 0 Å². The van der Waals surface area contributed by atoms with E-state index in [1.807, 2.05) is 0 Å². The third-order valence-corrected chi connectivity index (χ3v) is 3.18. The van der Waals surface area contributed by atoms with Gasteiger partial charge in [-0.1, -0.05) is 0 Å². The summed E-state index contributed by atoms with van der Waals surface area (Å²) in [6.07, 6.45) is 3.94. The van der Waals surface area contributed by atoms with Gasteiger partial charge in [0.25, 0.3) is 5.69 Å².